The van der Waals surface area contributed by atoms with Crippen LogP contribution in [0.4, 0.5) is 0 Å². The van der Waals surface area contributed by atoms with Crippen molar-refractivity contribution in [3.63, 3.8) is 0 Å². The molecule has 1 aromatic carbocycles. The average Bonchev–Trinajstić information content (AvgIpc) is 2.30. The second kappa shape index (κ2) is 5.10. The quantitative estimate of drug-likeness (QED) is 0.863. The van der Waals surface area contributed by atoms with Crippen molar-refractivity contribution in [1.82, 2.24) is 5.32 Å². The van der Waals surface area contributed by atoms with Crippen LogP contribution in [0.1, 0.15) is 17.9 Å². The molecule has 0 radical (unpaired) electrons. The third-order valence-electron chi connectivity index (χ3n) is 3.14. The molecule has 2 atom stereocenters. The number of aliphatic hydroxyl groups is 1. The molecule has 2 N–H and O–H groups in total. The Morgan fingerprint density at radius 2 is 2.07 bits per heavy atom. The lowest BCUT2D eigenvalue weighted by molar-refractivity contribution is 0.179. The second-order valence-electron chi connectivity index (χ2n) is 4.09. The van der Waals surface area contributed by atoms with Gasteiger partial charge in [0, 0.05) is 23.5 Å². The highest BCUT2D eigenvalue weighted by Crippen LogP contribution is 2.30. The summed E-state index contributed by atoms with van der Waals surface area (Å²) in [5, 5.41) is 12.7. The number of rotatable bonds is 2. The van der Waals surface area contributed by atoms with Crippen molar-refractivity contribution in [2.45, 2.75) is 12.3 Å². The van der Waals surface area contributed by atoms with Gasteiger partial charge in [-0.2, -0.15) is 0 Å². The van der Waals surface area contributed by atoms with Gasteiger partial charge in [0.1, 0.15) is 0 Å². The Kier molecular flexibility index (Phi) is 3.78. The van der Waals surface area contributed by atoms with Crippen molar-refractivity contribution < 1.29 is 5.11 Å². The molecule has 0 aromatic heterocycles. The molecule has 3 heteroatoms. The van der Waals surface area contributed by atoms with Gasteiger partial charge in [-0.25, -0.2) is 0 Å². The lowest BCUT2D eigenvalue weighted by Crippen LogP contribution is -2.37. The third-order valence-corrected chi connectivity index (χ3v) is 3.67. The van der Waals surface area contributed by atoms with Crippen LogP contribution in [0.2, 0.25) is 0 Å². The zero-order chi connectivity index (χ0) is 10.7. The number of aliphatic hydroxyl groups excluding tert-OH is 1. The van der Waals surface area contributed by atoms with Crippen LogP contribution in [-0.4, -0.2) is 24.8 Å². The molecule has 1 aliphatic heterocycles. The minimum atomic E-state index is 0.272. The van der Waals surface area contributed by atoms with Gasteiger partial charge in [0.2, 0.25) is 0 Å². The van der Waals surface area contributed by atoms with Gasteiger partial charge < -0.3 is 10.4 Å². The molecule has 15 heavy (non-hydrogen) atoms. The molecule has 0 amide bonds. The molecule has 1 fully saturated rings. The molecule has 0 aliphatic carbocycles. The van der Waals surface area contributed by atoms with Crippen LogP contribution < -0.4 is 5.32 Å². The highest BCUT2D eigenvalue weighted by molar-refractivity contribution is 9.10. The lowest BCUT2D eigenvalue weighted by Gasteiger charge is -2.31. The van der Waals surface area contributed by atoms with Gasteiger partial charge in [-0.05, 0) is 36.6 Å². The molecule has 0 bridgehead atoms. The summed E-state index contributed by atoms with van der Waals surface area (Å²) in [6.07, 6.45) is 1.12. The Hall–Kier alpha value is -0.380. The molecule has 1 saturated heterocycles. The van der Waals surface area contributed by atoms with E-state index in [4.69, 9.17) is 0 Å². The van der Waals surface area contributed by atoms with E-state index in [1.54, 1.807) is 0 Å². The molecule has 0 unspecified atom stereocenters. The predicted octanol–water partition coefficient (Wildman–Crippen LogP) is 2.13. The van der Waals surface area contributed by atoms with Crippen molar-refractivity contribution in [2.24, 2.45) is 5.92 Å². The van der Waals surface area contributed by atoms with Crippen molar-refractivity contribution in [1.29, 1.82) is 0 Å². The van der Waals surface area contributed by atoms with E-state index >= 15 is 0 Å². The Morgan fingerprint density at radius 3 is 2.73 bits per heavy atom. The maximum atomic E-state index is 9.33. The van der Waals surface area contributed by atoms with Crippen molar-refractivity contribution >= 4 is 15.9 Å². The van der Waals surface area contributed by atoms with Crippen LogP contribution in [0.25, 0.3) is 0 Å². The summed E-state index contributed by atoms with van der Waals surface area (Å²) in [6, 6.07) is 8.46. The summed E-state index contributed by atoms with van der Waals surface area (Å²) in [7, 11) is 0. The fourth-order valence-electron chi connectivity index (χ4n) is 2.26. The Morgan fingerprint density at radius 1 is 1.33 bits per heavy atom. The number of piperidine rings is 1. The van der Waals surface area contributed by atoms with Crippen LogP contribution in [0.3, 0.4) is 0 Å². The van der Waals surface area contributed by atoms with Gasteiger partial charge in [-0.3, -0.25) is 0 Å². The summed E-state index contributed by atoms with van der Waals surface area (Å²) >= 11 is 3.44. The van der Waals surface area contributed by atoms with E-state index in [-0.39, 0.29) is 6.61 Å². The van der Waals surface area contributed by atoms with Crippen LogP contribution in [0.5, 0.6) is 0 Å². The first-order valence-corrected chi connectivity index (χ1v) is 6.17. The highest BCUT2D eigenvalue weighted by atomic mass is 79.9. The molecular formula is C12H16BrNO. The van der Waals surface area contributed by atoms with Crippen LogP contribution in [0, 0.1) is 5.92 Å². The first kappa shape index (κ1) is 11.1. The predicted molar refractivity (Wildman–Crippen MR) is 64.9 cm³/mol. The number of benzene rings is 1. The Balaban J connectivity index is 2.16. The number of hydrogen-bond acceptors (Lipinski definition) is 2. The summed E-state index contributed by atoms with van der Waals surface area (Å²) in [5.74, 6) is 0.865. The van der Waals surface area contributed by atoms with Gasteiger partial charge in [0.25, 0.3) is 0 Å². The minimum Gasteiger partial charge on any atom is -0.396 e. The molecule has 0 saturated carbocycles. The van der Waals surface area contributed by atoms with E-state index in [1.807, 2.05) is 0 Å². The largest absolute Gasteiger partial charge is 0.396 e. The minimum absolute atomic E-state index is 0.272. The van der Waals surface area contributed by atoms with Gasteiger partial charge in [-0.15, -0.1) is 0 Å². The fraction of sp³-hybridized carbons (Fsp3) is 0.500. The molecule has 82 valence electrons. The molecule has 1 aliphatic rings. The molecule has 2 rings (SSSR count). The summed E-state index contributed by atoms with van der Waals surface area (Å²) < 4.78 is 1.11. The molecule has 1 aromatic rings. The van der Waals surface area contributed by atoms with Gasteiger partial charge in [0.05, 0.1) is 0 Å². The number of hydrogen-bond donors (Lipinski definition) is 2. The van der Waals surface area contributed by atoms with Crippen molar-refractivity contribution in [3.8, 4) is 0 Å². The van der Waals surface area contributed by atoms with Gasteiger partial charge in [-0.1, -0.05) is 28.1 Å². The van der Waals surface area contributed by atoms with E-state index in [2.05, 4.69) is 45.5 Å². The van der Waals surface area contributed by atoms with Gasteiger partial charge in [0.15, 0.2) is 0 Å². The number of halogens is 1. The highest BCUT2D eigenvalue weighted by Gasteiger charge is 2.25. The molecule has 0 spiro atoms. The summed E-state index contributed by atoms with van der Waals surface area (Å²) in [5.41, 5.74) is 1.35. The standard InChI is InChI=1S/C12H16BrNO/c13-11-3-1-9(2-4-11)12-5-6-14-7-10(12)8-15/h1-4,10,12,14-15H,5-8H2/t10-,12-/m0/s1. The first-order valence-electron chi connectivity index (χ1n) is 5.38. The zero-order valence-electron chi connectivity index (χ0n) is 8.62. The SMILES string of the molecule is OC[C@@H]1CNCC[C@H]1c1ccc(Br)cc1. The summed E-state index contributed by atoms with van der Waals surface area (Å²) in [6.45, 7) is 2.25. The Bertz CT molecular complexity index is 312. The van der Waals surface area contributed by atoms with E-state index < -0.39 is 0 Å². The maximum Gasteiger partial charge on any atom is 0.0477 e. The second-order valence-corrected chi connectivity index (χ2v) is 5.01. The zero-order valence-corrected chi connectivity index (χ0v) is 10.2. The molecular weight excluding hydrogens is 254 g/mol. The number of nitrogens with one attached hydrogen (secondary N) is 1. The smallest absolute Gasteiger partial charge is 0.0477 e. The van der Waals surface area contributed by atoms with Crippen molar-refractivity contribution in [3.05, 3.63) is 34.3 Å². The lowest BCUT2D eigenvalue weighted by atomic mass is 9.82. The van der Waals surface area contributed by atoms with Gasteiger partial charge >= 0.3 is 0 Å². The topological polar surface area (TPSA) is 32.3 Å². The Labute approximate surface area is 98.8 Å². The monoisotopic (exact) mass is 269 g/mol. The van der Waals surface area contributed by atoms with E-state index in [9.17, 15) is 5.11 Å². The van der Waals surface area contributed by atoms with Crippen LogP contribution in [0.15, 0.2) is 28.7 Å². The average molecular weight is 270 g/mol. The van der Waals surface area contributed by atoms with Crippen LogP contribution >= 0.6 is 15.9 Å². The molecule has 2 nitrogen and oxygen atoms in total. The first-order chi connectivity index (χ1) is 7.31. The van der Waals surface area contributed by atoms with Crippen LogP contribution in [-0.2, 0) is 0 Å². The molecule has 1 heterocycles. The maximum absolute atomic E-state index is 9.33. The van der Waals surface area contributed by atoms with E-state index in [0.717, 1.165) is 24.0 Å². The van der Waals surface area contributed by atoms with Crippen molar-refractivity contribution in [2.75, 3.05) is 19.7 Å². The van der Waals surface area contributed by atoms with E-state index in [1.165, 1.54) is 5.56 Å². The summed E-state index contributed by atoms with van der Waals surface area (Å²) in [4.78, 5) is 0. The fourth-order valence-corrected chi connectivity index (χ4v) is 2.53. The normalized spacial score (nSPS) is 26.5. The van der Waals surface area contributed by atoms with E-state index in [0.29, 0.717) is 11.8 Å². The third kappa shape index (κ3) is 2.60.